The zero-order valence-corrected chi connectivity index (χ0v) is 13.5. The van der Waals surface area contributed by atoms with Gasteiger partial charge in [-0.3, -0.25) is 0 Å². The number of ether oxygens (including phenoxy) is 1. The van der Waals surface area contributed by atoms with Gasteiger partial charge in [0.25, 0.3) is 0 Å². The second kappa shape index (κ2) is 8.34. The molecular weight excluding hydrogens is 276 g/mol. The maximum absolute atomic E-state index is 5.03. The van der Waals surface area contributed by atoms with Crippen LogP contribution in [-0.2, 0) is 17.6 Å². The van der Waals surface area contributed by atoms with Gasteiger partial charge in [-0.25, -0.2) is 4.98 Å². The number of benzene rings is 1. The molecule has 0 aliphatic heterocycles. The molecule has 0 radical (unpaired) electrons. The predicted molar refractivity (Wildman–Crippen MR) is 90.9 cm³/mol. The SMILES string of the molecule is CCc1cccc(CC)c1Nc1nccc(NCCOC)n1. The summed E-state index contributed by atoms with van der Waals surface area (Å²) in [6.07, 6.45) is 3.70. The molecule has 0 atom stereocenters. The van der Waals surface area contributed by atoms with Gasteiger partial charge in [-0.05, 0) is 30.0 Å². The highest BCUT2D eigenvalue weighted by molar-refractivity contribution is 5.64. The Morgan fingerprint density at radius 2 is 1.82 bits per heavy atom. The lowest BCUT2D eigenvalue weighted by Gasteiger charge is -2.14. The van der Waals surface area contributed by atoms with Crippen molar-refractivity contribution in [1.82, 2.24) is 9.97 Å². The van der Waals surface area contributed by atoms with Gasteiger partial charge in [-0.1, -0.05) is 32.0 Å². The van der Waals surface area contributed by atoms with E-state index in [-0.39, 0.29) is 0 Å². The zero-order chi connectivity index (χ0) is 15.8. The van der Waals surface area contributed by atoms with Crippen molar-refractivity contribution in [2.75, 3.05) is 30.9 Å². The number of hydrogen-bond donors (Lipinski definition) is 2. The van der Waals surface area contributed by atoms with Crippen molar-refractivity contribution < 1.29 is 4.74 Å². The molecule has 1 heterocycles. The Morgan fingerprint density at radius 1 is 1.09 bits per heavy atom. The number of methoxy groups -OCH3 is 1. The summed E-state index contributed by atoms with van der Waals surface area (Å²) in [5.41, 5.74) is 3.68. The van der Waals surface area contributed by atoms with Crippen molar-refractivity contribution in [1.29, 1.82) is 0 Å². The molecule has 0 aliphatic carbocycles. The van der Waals surface area contributed by atoms with E-state index in [1.165, 1.54) is 11.1 Å². The molecule has 0 aliphatic rings. The van der Waals surface area contributed by atoms with Gasteiger partial charge >= 0.3 is 0 Å². The minimum Gasteiger partial charge on any atom is -0.383 e. The van der Waals surface area contributed by atoms with Gasteiger partial charge in [0.2, 0.25) is 5.95 Å². The van der Waals surface area contributed by atoms with Crippen molar-refractivity contribution in [3.63, 3.8) is 0 Å². The molecule has 0 saturated heterocycles. The molecule has 0 amide bonds. The lowest BCUT2D eigenvalue weighted by Crippen LogP contribution is -2.10. The quantitative estimate of drug-likeness (QED) is 0.732. The van der Waals surface area contributed by atoms with Crippen molar-refractivity contribution in [2.24, 2.45) is 0 Å². The summed E-state index contributed by atoms with van der Waals surface area (Å²) in [7, 11) is 1.68. The molecule has 0 saturated carbocycles. The fraction of sp³-hybridized carbons (Fsp3) is 0.412. The highest BCUT2D eigenvalue weighted by atomic mass is 16.5. The van der Waals surface area contributed by atoms with Crippen LogP contribution in [0.4, 0.5) is 17.5 Å². The topological polar surface area (TPSA) is 59.1 Å². The Kier molecular flexibility index (Phi) is 6.15. The minimum atomic E-state index is 0.609. The Labute approximate surface area is 132 Å². The molecule has 2 aromatic rings. The van der Waals surface area contributed by atoms with Gasteiger partial charge in [0.15, 0.2) is 0 Å². The maximum atomic E-state index is 5.03. The summed E-state index contributed by atoms with van der Waals surface area (Å²) in [5, 5.41) is 6.59. The van der Waals surface area contributed by atoms with Gasteiger partial charge in [-0.15, -0.1) is 0 Å². The first-order chi connectivity index (χ1) is 10.8. The molecule has 0 bridgehead atoms. The summed E-state index contributed by atoms with van der Waals surface area (Å²) >= 11 is 0. The van der Waals surface area contributed by atoms with Crippen LogP contribution in [0.2, 0.25) is 0 Å². The van der Waals surface area contributed by atoms with Crippen LogP contribution < -0.4 is 10.6 Å². The van der Waals surface area contributed by atoms with E-state index in [9.17, 15) is 0 Å². The second-order valence-corrected chi connectivity index (χ2v) is 4.97. The lowest BCUT2D eigenvalue weighted by atomic mass is 10.0. The monoisotopic (exact) mass is 300 g/mol. The third-order valence-electron chi connectivity index (χ3n) is 3.50. The summed E-state index contributed by atoms with van der Waals surface area (Å²) in [4.78, 5) is 8.82. The number of anilines is 3. The number of aromatic nitrogens is 2. The fourth-order valence-corrected chi connectivity index (χ4v) is 2.31. The molecule has 2 N–H and O–H groups in total. The molecule has 1 aromatic heterocycles. The van der Waals surface area contributed by atoms with E-state index in [0.29, 0.717) is 12.6 Å². The number of nitrogens with one attached hydrogen (secondary N) is 2. The van der Waals surface area contributed by atoms with Crippen LogP contribution in [0.25, 0.3) is 0 Å². The van der Waals surface area contributed by atoms with Crippen molar-refractivity contribution in [3.8, 4) is 0 Å². The minimum absolute atomic E-state index is 0.609. The third-order valence-corrected chi connectivity index (χ3v) is 3.50. The van der Waals surface area contributed by atoms with E-state index < -0.39 is 0 Å². The summed E-state index contributed by atoms with van der Waals surface area (Å²) in [5.74, 6) is 1.40. The summed E-state index contributed by atoms with van der Waals surface area (Å²) in [6, 6.07) is 8.24. The highest BCUT2D eigenvalue weighted by Gasteiger charge is 2.08. The van der Waals surface area contributed by atoms with E-state index in [1.54, 1.807) is 13.3 Å². The molecule has 0 spiro atoms. The van der Waals surface area contributed by atoms with E-state index in [4.69, 9.17) is 4.74 Å². The van der Waals surface area contributed by atoms with Gasteiger partial charge in [0, 0.05) is 25.5 Å². The Balaban J connectivity index is 2.18. The highest BCUT2D eigenvalue weighted by Crippen LogP contribution is 2.25. The van der Waals surface area contributed by atoms with Crippen LogP contribution in [0.1, 0.15) is 25.0 Å². The summed E-state index contributed by atoms with van der Waals surface area (Å²) in [6.45, 7) is 5.68. The van der Waals surface area contributed by atoms with Crippen LogP contribution in [0.15, 0.2) is 30.5 Å². The molecule has 118 valence electrons. The van der Waals surface area contributed by atoms with Gasteiger partial charge in [-0.2, -0.15) is 4.98 Å². The number of para-hydroxylation sites is 1. The van der Waals surface area contributed by atoms with Crippen LogP contribution >= 0.6 is 0 Å². The molecule has 22 heavy (non-hydrogen) atoms. The third kappa shape index (κ3) is 4.18. The van der Waals surface area contributed by atoms with E-state index in [2.05, 4.69) is 52.6 Å². The largest absolute Gasteiger partial charge is 0.383 e. The number of hydrogen-bond acceptors (Lipinski definition) is 5. The van der Waals surface area contributed by atoms with Crippen LogP contribution in [0, 0.1) is 0 Å². The van der Waals surface area contributed by atoms with Crippen LogP contribution in [0.3, 0.4) is 0 Å². The summed E-state index contributed by atoms with van der Waals surface area (Å²) < 4.78 is 5.03. The van der Waals surface area contributed by atoms with Gasteiger partial charge < -0.3 is 15.4 Å². The van der Waals surface area contributed by atoms with Crippen molar-refractivity contribution in [3.05, 3.63) is 41.6 Å². The van der Waals surface area contributed by atoms with E-state index >= 15 is 0 Å². The first-order valence-corrected chi connectivity index (χ1v) is 7.72. The molecule has 1 aromatic carbocycles. The molecule has 0 fully saturated rings. The average Bonchev–Trinajstić information content (AvgIpc) is 2.55. The van der Waals surface area contributed by atoms with Crippen molar-refractivity contribution in [2.45, 2.75) is 26.7 Å². The van der Waals surface area contributed by atoms with E-state index in [1.807, 2.05) is 6.07 Å². The smallest absolute Gasteiger partial charge is 0.229 e. The molecule has 0 unspecified atom stereocenters. The van der Waals surface area contributed by atoms with Crippen LogP contribution in [0.5, 0.6) is 0 Å². The lowest BCUT2D eigenvalue weighted by molar-refractivity contribution is 0.210. The maximum Gasteiger partial charge on any atom is 0.229 e. The average molecular weight is 300 g/mol. The Morgan fingerprint density at radius 3 is 2.45 bits per heavy atom. The van der Waals surface area contributed by atoms with Gasteiger partial charge in [0.05, 0.1) is 6.61 Å². The standard InChI is InChI=1S/C17H24N4O/c1-4-13-7-6-8-14(5-2)16(13)21-17-19-10-9-15(20-17)18-11-12-22-3/h6-10H,4-5,11-12H2,1-3H3,(H2,18,19,20,21). The Hall–Kier alpha value is -2.14. The predicted octanol–water partition coefficient (Wildman–Crippen LogP) is 3.40. The van der Waals surface area contributed by atoms with Gasteiger partial charge in [0.1, 0.15) is 5.82 Å². The zero-order valence-electron chi connectivity index (χ0n) is 13.5. The molecule has 5 nitrogen and oxygen atoms in total. The van der Waals surface area contributed by atoms with Crippen LogP contribution in [-0.4, -0.2) is 30.2 Å². The number of nitrogens with zero attached hydrogens (tertiary/aromatic N) is 2. The van der Waals surface area contributed by atoms with E-state index in [0.717, 1.165) is 30.9 Å². The Bertz CT molecular complexity index is 579. The molecule has 5 heteroatoms. The molecular formula is C17H24N4O. The second-order valence-electron chi connectivity index (χ2n) is 4.97. The fourth-order valence-electron chi connectivity index (χ4n) is 2.31. The normalized spacial score (nSPS) is 10.5. The number of aryl methyl sites for hydroxylation is 2. The van der Waals surface area contributed by atoms with Crippen molar-refractivity contribution >= 4 is 17.5 Å². The number of rotatable bonds is 8. The first kappa shape index (κ1) is 16.2. The first-order valence-electron chi connectivity index (χ1n) is 7.72. The molecule has 2 rings (SSSR count).